The van der Waals surface area contributed by atoms with E-state index in [1.165, 1.54) is 0 Å². The van der Waals surface area contributed by atoms with Crippen LogP contribution in [0.3, 0.4) is 0 Å². The van der Waals surface area contributed by atoms with Gasteiger partial charge < -0.3 is 10.4 Å². The third-order valence-electron chi connectivity index (χ3n) is 1.89. The number of carbonyl (C=O) groups excluding carboxylic acids is 1. The molecular weight excluding hydrogens is 290 g/mol. The van der Waals surface area contributed by atoms with Crippen LogP contribution in [0.4, 0.5) is 0 Å². The third kappa shape index (κ3) is 63.5. The van der Waals surface area contributed by atoms with Gasteiger partial charge >= 0.3 is 0 Å². The zero-order chi connectivity index (χ0) is 18.8. The topological polar surface area (TPSA) is 66.4 Å². The molecular formula is C19H43NO3. The van der Waals surface area contributed by atoms with Gasteiger partial charge in [0.15, 0.2) is 0 Å². The van der Waals surface area contributed by atoms with E-state index in [4.69, 9.17) is 9.90 Å². The summed E-state index contributed by atoms with van der Waals surface area (Å²) in [5.74, 6) is 0.276. The molecule has 4 nitrogen and oxygen atoms in total. The van der Waals surface area contributed by atoms with Crippen LogP contribution in [-0.4, -0.2) is 30.5 Å². The maximum atomic E-state index is 11.2. The quantitative estimate of drug-likeness (QED) is 0.477. The lowest BCUT2D eigenvalue weighted by atomic mass is 10.0. The fourth-order valence-electron chi connectivity index (χ4n) is 1.22. The molecule has 142 valence electrons. The van der Waals surface area contributed by atoms with Gasteiger partial charge in [0.05, 0.1) is 0 Å². The van der Waals surface area contributed by atoms with Crippen molar-refractivity contribution in [2.45, 2.75) is 80.7 Å². The second kappa shape index (κ2) is 49.9. The van der Waals surface area contributed by atoms with Crippen molar-refractivity contribution in [3.05, 3.63) is 25.3 Å². The first-order valence-corrected chi connectivity index (χ1v) is 8.02. The Morgan fingerprint density at radius 1 is 1.22 bits per heavy atom. The summed E-state index contributed by atoms with van der Waals surface area (Å²) >= 11 is 0. The van der Waals surface area contributed by atoms with Crippen LogP contribution in [0.1, 0.15) is 74.7 Å². The third-order valence-corrected chi connectivity index (χ3v) is 1.89. The molecule has 0 aromatic carbocycles. The predicted octanol–water partition coefficient (Wildman–Crippen LogP) is 5.49. The minimum atomic E-state index is -0.250. The van der Waals surface area contributed by atoms with E-state index in [-0.39, 0.29) is 19.7 Å². The second-order valence-corrected chi connectivity index (χ2v) is 3.52. The molecule has 0 radical (unpaired) electrons. The Morgan fingerprint density at radius 3 is 1.78 bits per heavy atom. The average Bonchev–Trinajstić information content (AvgIpc) is 2.52. The Balaban J connectivity index is -0.0000000550. The van der Waals surface area contributed by atoms with E-state index in [9.17, 15) is 4.79 Å². The molecule has 0 heterocycles. The highest BCUT2D eigenvalue weighted by molar-refractivity contribution is 5.80. The van der Waals surface area contributed by atoms with Crippen molar-refractivity contribution >= 4 is 12.3 Å². The molecule has 0 aliphatic carbocycles. The lowest BCUT2D eigenvalue weighted by Crippen LogP contribution is -2.27. The fraction of sp³-hybridized carbons (Fsp3) is 0.684. The first-order valence-electron chi connectivity index (χ1n) is 8.02. The van der Waals surface area contributed by atoms with E-state index < -0.39 is 0 Å². The highest BCUT2D eigenvalue weighted by Crippen LogP contribution is 2.03. The van der Waals surface area contributed by atoms with Crippen molar-refractivity contribution in [3.8, 4) is 0 Å². The normalized spacial score (nSPS) is 8.13. The highest BCUT2D eigenvalue weighted by atomic mass is 16.3. The highest BCUT2D eigenvalue weighted by Gasteiger charge is 2.08. The van der Waals surface area contributed by atoms with Gasteiger partial charge in [-0.25, -0.2) is 0 Å². The lowest BCUT2D eigenvalue weighted by Gasteiger charge is -2.13. The Morgan fingerprint density at radius 2 is 1.57 bits per heavy atom. The molecule has 0 aromatic heterocycles. The Kier molecular flexibility index (Phi) is 81.6. The van der Waals surface area contributed by atoms with Crippen LogP contribution in [0, 0.1) is 0 Å². The molecule has 0 aliphatic rings. The van der Waals surface area contributed by atoms with Crippen LogP contribution in [-0.2, 0) is 9.59 Å². The van der Waals surface area contributed by atoms with Gasteiger partial charge in [-0.1, -0.05) is 60.6 Å². The summed E-state index contributed by atoms with van der Waals surface area (Å²) in [4.78, 5) is 19.5. The van der Waals surface area contributed by atoms with Crippen molar-refractivity contribution < 1.29 is 14.7 Å². The molecule has 0 amide bonds. The average molecular weight is 334 g/mol. The van der Waals surface area contributed by atoms with Gasteiger partial charge in [-0.15, -0.1) is 13.2 Å². The SMILES string of the molecule is C.C=CC.C=CCC(=O)CC(CCC)NC.CC.CC.O=CO. The number of allylic oxidation sites excluding steroid dienone is 2. The monoisotopic (exact) mass is 333 g/mol. The number of Topliss-reactive ketones (excluding diaryl/α,β-unsaturated/α-hetero) is 1. The first kappa shape index (κ1) is 37.7. The lowest BCUT2D eigenvalue weighted by molar-refractivity contribution is -0.123. The molecule has 2 N–H and O–H groups in total. The van der Waals surface area contributed by atoms with Crippen LogP contribution in [0.2, 0.25) is 0 Å². The smallest absolute Gasteiger partial charge is 0.290 e. The fourth-order valence-corrected chi connectivity index (χ4v) is 1.22. The summed E-state index contributed by atoms with van der Waals surface area (Å²) in [6.45, 7) is 18.7. The molecule has 1 atom stereocenters. The Hall–Kier alpha value is -1.42. The van der Waals surface area contributed by atoms with Gasteiger partial charge in [0.25, 0.3) is 6.47 Å². The number of carboxylic acid groups (broad SMARTS) is 1. The standard InChI is InChI=1S/C10H19NO.C3H6.2C2H6.CH2O2.CH4/c1-4-6-9(11-3)8-10(12)7-5-2;1-3-2;2*1-2;2-1-3;/h5,9,11H,2,4,6-8H2,1,3H3;3H,1H2,2H3;2*1-2H3;1H,(H,2,3);1H4. The minimum absolute atomic E-state index is 0. The molecule has 0 saturated heterocycles. The van der Waals surface area contributed by atoms with Crippen LogP contribution in [0.15, 0.2) is 25.3 Å². The minimum Gasteiger partial charge on any atom is -0.483 e. The largest absolute Gasteiger partial charge is 0.483 e. The number of carbonyl (C=O) groups is 2. The summed E-state index contributed by atoms with van der Waals surface area (Å²) in [5.41, 5.74) is 0. The Labute approximate surface area is 146 Å². The van der Waals surface area contributed by atoms with Gasteiger partial charge in [-0.05, 0) is 20.4 Å². The summed E-state index contributed by atoms with van der Waals surface area (Å²) in [6.07, 6.45) is 6.74. The molecule has 4 heteroatoms. The maximum Gasteiger partial charge on any atom is 0.290 e. The molecule has 0 rings (SSSR count). The van der Waals surface area contributed by atoms with Gasteiger partial charge in [0.1, 0.15) is 5.78 Å². The van der Waals surface area contributed by atoms with Crippen molar-refractivity contribution in [2.75, 3.05) is 7.05 Å². The van der Waals surface area contributed by atoms with Crippen molar-refractivity contribution in [3.63, 3.8) is 0 Å². The summed E-state index contributed by atoms with van der Waals surface area (Å²) in [6, 6.07) is 0.349. The zero-order valence-corrected chi connectivity index (χ0v) is 15.8. The van der Waals surface area contributed by atoms with Crippen molar-refractivity contribution in [2.24, 2.45) is 0 Å². The summed E-state index contributed by atoms with van der Waals surface area (Å²) < 4.78 is 0. The molecule has 0 aliphatic heterocycles. The van der Waals surface area contributed by atoms with Crippen LogP contribution >= 0.6 is 0 Å². The van der Waals surface area contributed by atoms with Gasteiger partial charge in [-0.3, -0.25) is 9.59 Å². The van der Waals surface area contributed by atoms with Crippen LogP contribution < -0.4 is 5.32 Å². The number of rotatable bonds is 7. The summed E-state index contributed by atoms with van der Waals surface area (Å²) in [5, 5.41) is 10.0. The maximum absolute atomic E-state index is 11.2. The number of nitrogens with one attached hydrogen (secondary N) is 1. The van der Waals surface area contributed by atoms with E-state index >= 15 is 0 Å². The molecule has 0 saturated carbocycles. The van der Waals surface area contributed by atoms with Crippen LogP contribution in [0.5, 0.6) is 0 Å². The molecule has 23 heavy (non-hydrogen) atoms. The van der Waals surface area contributed by atoms with Gasteiger partial charge in [0.2, 0.25) is 0 Å². The van der Waals surface area contributed by atoms with Gasteiger partial charge in [-0.2, -0.15) is 0 Å². The molecule has 1 unspecified atom stereocenters. The van der Waals surface area contributed by atoms with E-state index in [1.54, 1.807) is 12.2 Å². The van der Waals surface area contributed by atoms with E-state index in [2.05, 4.69) is 25.4 Å². The number of hydrogen-bond acceptors (Lipinski definition) is 3. The molecule has 0 fully saturated rings. The van der Waals surface area contributed by atoms with E-state index in [1.807, 2.05) is 41.7 Å². The number of hydrogen-bond donors (Lipinski definition) is 2. The van der Waals surface area contributed by atoms with Gasteiger partial charge in [0, 0.05) is 18.9 Å². The van der Waals surface area contributed by atoms with Crippen molar-refractivity contribution in [1.29, 1.82) is 0 Å². The first-order chi connectivity index (χ1) is 10.6. The molecule has 0 bridgehead atoms. The predicted molar refractivity (Wildman–Crippen MR) is 106 cm³/mol. The van der Waals surface area contributed by atoms with Crippen LogP contribution in [0.25, 0.3) is 0 Å². The summed E-state index contributed by atoms with van der Waals surface area (Å²) in [7, 11) is 1.90. The zero-order valence-electron chi connectivity index (χ0n) is 15.8. The number of ketones is 1. The van der Waals surface area contributed by atoms with Crippen molar-refractivity contribution in [1.82, 2.24) is 5.32 Å². The second-order valence-electron chi connectivity index (χ2n) is 3.52. The molecule has 0 spiro atoms. The van der Waals surface area contributed by atoms with E-state index in [0.717, 1.165) is 12.8 Å². The molecule has 0 aromatic rings. The van der Waals surface area contributed by atoms with E-state index in [0.29, 0.717) is 18.9 Å². The Bertz CT molecular complexity index is 211.